The summed E-state index contributed by atoms with van der Waals surface area (Å²) >= 11 is 0. The zero-order valence-corrected chi connectivity index (χ0v) is 25.7. The van der Waals surface area contributed by atoms with Crippen molar-refractivity contribution in [3.63, 3.8) is 0 Å². The van der Waals surface area contributed by atoms with E-state index >= 15 is 0 Å². The lowest BCUT2D eigenvalue weighted by molar-refractivity contribution is 0.102. The molecule has 3 aromatic rings. The van der Waals surface area contributed by atoms with Gasteiger partial charge in [0.05, 0.1) is 17.2 Å². The zero-order chi connectivity index (χ0) is 29.6. The maximum absolute atomic E-state index is 13.8. The molecule has 1 N–H and O–H groups in total. The number of aryl methyl sites for hydroxylation is 1. The van der Waals surface area contributed by atoms with Crippen LogP contribution in [0.2, 0.25) is 0 Å². The second-order valence-electron chi connectivity index (χ2n) is 13.7. The number of nitrogens with zero attached hydrogens (tertiary/aromatic N) is 6. The van der Waals surface area contributed by atoms with Crippen molar-refractivity contribution in [3.8, 4) is 6.07 Å². The molecule has 2 atom stereocenters. The lowest BCUT2D eigenvalue weighted by atomic mass is 9.57. The molecule has 8 nitrogen and oxygen atoms in total. The van der Waals surface area contributed by atoms with E-state index < -0.39 is 0 Å². The van der Waals surface area contributed by atoms with E-state index in [1.54, 1.807) is 6.33 Å². The van der Waals surface area contributed by atoms with Gasteiger partial charge in [-0.25, -0.2) is 4.98 Å². The van der Waals surface area contributed by atoms with Crippen molar-refractivity contribution in [1.82, 2.24) is 24.6 Å². The Hall–Kier alpha value is -3.57. The number of rotatable bonds is 7. The first-order chi connectivity index (χ1) is 20.1. The van der Waals surface area contributed by atoms with Crippen LogP contribution in [0, 0.1) is 23.2 Å². The number of nitriles is 1. The molecule has 1 amide bonds. The van der Waals surface area contributed by atoms with E-state index in [1.807, 2.05) is 23.7 Å². The van der Waals surface area contributed by atoms with Gasteiger partial charge in [-0.1, -0.05) is 32.9 Å². The number of hydrogen-bond donors (Lipinski definition) is 1. The second kappa shape index (κ2) is 10.9. The van der Waals surface area contributed by atoms with E-state index in [9.17, 15) is 10.1 Å². The van der Waals surface area contributed by atoms with E-state index in [1.165, 1.54) is 24.0 Å². The third-order valence-electron chi connectivity index (χ3n) is 10.2. The van der Waals surface area contributed by atoms with Crippen molar-refractivity contribution in [2.75, 3.05) is 18.4 Å². The van der Waals surface area contributed by atoms with Gasteiger partial charge in [0.25, 0.3) is 5.91 Å². The van der Waals surface area contributed by atoms with Crippen LogP contribution in [0.5, 0.6) is 0 Å². The third-order valence-corrected chi connectivity index (χ3v) is 10.2. The fraction of sp³-hybridized carbons (Fsp3) is 0.559. The Morgan fingerprint density at radius 2 is 2.07 bits per heavy atom. The molecule has 0 bridgehead atoms. The predicted octanol–water partition coefficient (Wildman–Crippen LogP) is 6.09. The highest BCUT2D eigenvalue weighted by atomic mass is 16.1. The lowest BCUT2D eigenvalue weighted by Gasteiger charge is -2.46. The summed E-state index contributed by atoms with van der Waals surface area (Å²) in [5, 5.41) is 21.1. The van der Waals surface area contributed by atoms with E-state index in [-0.39, 0.29) is 22.8 Å². The van der Waals surface area contributed by atoms with Gasteiger partial charge in [0.15, 0.2) is 0 Å². The number of benzene rings is 1. The van der Waals surface area contributed by atoms with E-state index in [2.05, 4.69) is 72.4 Å². The highest BCUT2D eigenvalue weighted by Gasteiger charge is 2.49. The van der Waals surface area contributed by atoms with E-state index in [0.717, 1.165) is 61.5 Å². The van der Waals surface area contributed by atoms with E-state index in [0.29, 0.717) is 24.0 Å². The topological polar surface area (TPSA) is 99.7 Å². The van der Waals surface area contributed by atoms with Crippen molar-refractivity contribution >= 4 is 11.6 Å². The van der Waals surface area contributed by atoms with Gasteiger partial charge in [-0.05, 0) is 98.7 Å². The van der Waals surface area contributed by atoms with Gasteiger partial charge in [-0.15, -0.1) is 10.2 Å². The quantitative estimate of drug-likeness (QED) is 0.372. The van der Waals surface area contributed by atoms with Crippen LogP contribution in [-0.4, -0.2) is 43.6 Å². The van der Waals surface area contributed by atoms with Gasteiger partial charge >= 0.3 is 0 Å². The summed E-state index contributed by atoms with van der Waals surface area (Å²) in [4.78, 5) is 21.4. The Morgan fingerprint density at radius 1 is 1.26 bits per heavy atom. The van der Waals surface area contributed by atoms with Gasteiger partial charge in [0, 0.05) is 37.2 Å². The molecule has 1 aliphatic heterocycles. The highest BCUT2D eigenvalue weighted by molar-refractivity contribution is 6.03. The monoisotopic (exact) mass is 565 g/mol. The van der Waals surface area contributed by atoms with Crippen LogP contribution < -0.4 is 5.32 Å². The third kappa shape index (κ3) is 5.02. The van der Waals surface area contributed by atoms with Gasteiger partial charge in [-0.2, -0.15) is 5.26 Å². The van der Waals surface area contributed by atoms with Crippen LogP contribution in [0.3, 0.4) is 0 Å². The molecule has 0 spiro atoms. The number of aromatic nitrogens is 4. The van der Waals surface area contributed by atoms with Crippen molar-refractivity contribution in [2.45, 2.75) is 89.5 Å². The second-order valence-corrected chi connectivity index (χ2v) is 13.7. The van der Waals surface area contributed by atoms with Crippen LogP contribution in [-0.2, 0) is 24.3 Å². The number of nitrogens with one attached hydrogen (secondary N) is 1. The average molecular weight is 566 g/mol. The van der Waals surface area contributed by atoms with Crippen molar-refractivity contribution < 1.29 is 4.79 Å². The Kier molecular flexibility index (Phi) is 7.43. The summed E-state index contributed by atoms with van der Waals surface area (Å²) in [5.74, 6) is 1.74. The van der Waals surface area contributed by atoms with Crippen LogP contribution >= 0.6 is 0 Å². The smallest absolute Gasteiger partial charge is 0.274 e. The summed E-state index contributed by atoms with van der Waals surface area (Å²) in [6.07, 6.45) is 8.51. The number of carbonyl (C=O) groups is 1. The number of fused-ring (bicyclic) bond motifs is 1. The Morgan fingerprint density at radius 3 is 2.79 bits per heavy atom. The van der Waals surface area contributed by atoms with Crippen LogP contribution in [0.4, 0.5) is 5.69 Å². The molecule has 0 radical (unpaired) electrons. The van der Waals surface area contributed by atoms with Crippen LogP contribution in [0.15, 0.2) is 36.7 Å². The average Bonchev–Trinajstić information content (AvgIpc) is 3.51. The fourth-order valence-corrected chi connectivity index (χ4v) is 7.79. The maximum Gasteiger partial charge on any atom is 0.274 e. The Bertz CT molecular complexity index is 1530. The minimum atomic E-state index is -0.322. The van der Waals surface area contributed by atoms with E-state index in [4.69, 9.17) is 4.98 Å². The molecule has 2 aliphatic carbocycles. The first-order valence-electron chi connectivity index (χ1n) is 15.5. The van der Waals surface area contributed by atoms with Gasteiger partial charge in [0.1, 0.15) is 17.8 Å². The summed E-state index contributed by atoms with van der Waals surface area (Å²) in [6, 6.07) is 12.7. The molecular formula is C34H43N7O. The first-order valence-corrected chi connectivity index (χ1v) is 15.5. The number of hydrogen-bond acceptors (Lipinski definition) is 6. The number of piperidine rings is 1. The van der Waals surface area contributed by atoms with Gasteiger partial charge < -0.3 is 9.88 Å². The Labute approximate surface area is 249 Å². The predicted molar refractivity (Wildman–Crippen MR) is 163 cm³/mol. The fourth-order valence-electron chi connectivity index (χ4n) is 7.79. The summed E-state index contributed by atoms with van der Waals surface area (Å²) < 4.78 is 1.97. The standard InChI is InChI=1S/C34H43N7O/c1-22-8-7-15-41(20-22)23(2)28-17-29(38-30-27(28)11-13-33(30,3)4)31(42)37-26-10-6-9-25(16-26)34(18-24(19-34)12-14-35)32-39-36-21-40(32)5/h6,9-10,16-17,21-24H,7-8,11-13,15,18-20H2,1-5H3,(H,37,42)/t22-,23+,24?,34?/m0/s1. The van der Waals surface area contributed by atoms with Crippen LogP contribution in [0.1, 0.15) is 111 Å². The Balaban J connectivity index is 1.30. The van der Waals surface area contributed by atoms with Crippen molar-refractivity contribution in [3.05, 3.63) is 70.6 Å². The SMILES string of the molecule is C[C@H]1CCCN([C@H](C)c2cc(C(=O)Nc3cccc(C4(c5nncn5C)CC(CC#N)C4)c3)nc3c2CCC3(C)C)C1. The number of likely N-dealkylation sites (tertiary alicyclic amines) is 1. The summed E-state index contributed by atoms with van der Waals surface area (Å²) in [6.45, 7) is 11.3. The van der Waals surface area contributed by atoms with Crippen molar-refractivity contribution in [2.24, 2.45) is 18.9 Å². The molecule has 3 heterocycles. The molecule has 42 heavy (non-hydrogen) atoms. The number of anilines is 1. The molecule has 8 heteroatoms. The number of carbonyl (C=O) groups excluding carboxylic acids is 1. The molecule has 1 saturated heterocycles. The molecule has 220 valence electrons. The zero-order valence-electron chi connectivity index (χ0n) is 25.7. The van der Waals surface area contributed by atoms with Crippen LogP contribution in [0.25, 0.3) is 0 Å². The first kappa shape index (κ1) is 28.5. The molecule has 6 rings (SSSR count). The molecule has 2 fully saturated rings. The van der Waals surface area contributed by atoms with Gasteiger partial charge in [0.2, 0.25) is 0 Å². The molecule has 2 aromatic heterocycles. The van der Waals surface area contributed by atoms with Crippen molar-refractivity contribution in [1.29, 1.82) is 5.26 Å². The molecular weight excluding hydrogens is 522 g/mol. The molecule has 1 saturated carbocycles. The normalized spacial score (nSPS) is 25.7. The molecule has 3 aliphatic rings. The maximum atomic E-state index is 13.8. The summed E-state index contributed by atoms with van der Waals surface area (Å²) in [7, 11) is 1.96. The molecule has 1 aromatic carbocycles. The molecule has 0 unspecified atom stereocenters. The van der Waals surface area contributed by atoms with Gasteiger partial charge in [-0.3, -0.25) is 9.69 Å². The lowest BCUT2D eigenvalue weighted by Crippen LogP contribution is -2.44. The number of pyridine rings is 1. The number of amides is 1. The highest BCUT2D eigenvalue weighted by Crippen LogP contribution is 2.53. The minimum Gasteiger partial charge on any atom is -0.321 e. The minimum absolute atomic E-state index is 0.0537. The summed E-state index contributed by atoms with van der Waals surface area (Å²) in [5.41, 5.74) is 5.62. The largest absolute Gasteiger partial charge is 0.321 e.